The molecule has 0 radical (unpaired) electrons. The van der Waals surface area contributed by atoms with E-state index < -0.39 is 31.6 Å². The van der Waals surface area contributed by atoms with E-state index in [2.05, 4.69) is 50.9 Å². The molecule has 0 aromatic carbocycles. The molecule has 21 heavy (non-hydrogen) atoms. The van der Waals surface area contributed by atoms with Crippen LogP contribution in [0.5, 0.6) is 0 Å². The molecule has 2 nitrogen and oxygen atoms in total. The van der Waals surface area contributed by atoms with Crippen LogP contribution in [0.2, 0.25) is 19.6 Å². The van der Waals surface area contributed by atoms with Gasteiger partial charge in [0, 0.05) is 0 Å². The Morgan fingerprint density at radius 3 is 2.43 bits per heavy atom. The first kappa shape index (κ1) is 21.2. The quantitative estimate of drug-likeness (QED) is 0.474. The molecule has 0 aromatic heterocycles. The van der Waals surface area contributed by atoms with Crippen LogP contribution in [0.1, 0.15) is 19.8 Å². The van der Waals surface area contributed by atoms with Crippen molar-refractivity contribution < 1.29 is 57.2 Å². The average molecular weight is 425 g/mol. The fraction of sp³-hybridized carbons (Fsp3) is 0.467. The summed E-state index contributed by atoms with van der Waals surface area (Å²) in [4.78, 5) is 0. The van der Waals surface area contributed by atoms with Gasteiger partial charge in [-0.05, 0) is 0 Å². The molecule has 0 saturated carbocycles. The molecule has 0 atom stereocenters. The van der Waals surface area contributed by atoms with E-state index in [1.165, 1.54) is 3.28 Å². The third-order valence-corrected chi connectivity index (χ3v) is 7.11. The van der Waals surface area contributed by atoms with E-state index in [0.717, 1.165) is 31.0 Å². The molecular weight excluding hydrogens is 402 g/mol. The molecule has 0 fully saturated rings. The van der Waals surface area contributed by atoms with Crippen molar-refractivity contribution in [3.05, 3.63) is 42.4 Å². The Balaban J connectivity index is 0.00000200. The third-order valence-electron chi connectivity index (χ3n) is 2.78. The van der Waals surface area contributed by atoms with Crippen LogP contribution < -0.4 is 24.8 Å². The van der Waals surface area contributed by atoms with E-state index in [4.69, 9.17) is 9.16 Å². The number of halogens is 2. The van der Waals surface area contributed by atoms with Gasteiger partial charge in [-0.1, -0.05) is 0 Å². The van der Waals surface area contributed by atoms with Gasteiger partial charge in [0.25, 0.3) is 0 Å². The van der Waals surface area contributed by atoms with Crippen molar-refractivity contribution in [3.8, 4) is 0 Å². The molecule has 0 N–H and O–H groups in total. The minimum Gasteiger partial charge on any atom is -1.00 e. The van der Waals surface area contributed by atoms with Crippen LogP contribution in [-0.4, -0.2) is 14.9 Å². The van der Waals surface area contributed by atoms with Crippen LogP contribution in [0.3, 0.4) is 0 Å². The fourth-order valence-corrected chi connectivity index (χ4v) is 6.12. The van der Waals surface area contributed by atoms with E-state index in [9.17, 15) is 0 Å². The Labute approximate surface area is 153 Å². The minimum absolute atomic E-state index is 0. The summed E-state index contributed by atoms with van der Waals surface area (Å²) in [5.41, 5.74) is 0. The van der Waals surface area contributed by atoms with Gasteiger partial charge in [-0.25, -0.2) is 0 Å². The molecule has 0 heterocycles. The second kappa shape index (κ2) is 9.39. The van der Waals surface area contributed by atoms with E-state index in [-0.39, 0.29) is 24.8 Å². The fourth-order valence-electron chi connectivity index (χ4n) is 2.09. The monoisotopic (exact) mass is 422 g/mol. The zero-order valence-corrected chi connectivity index (χ0v) is 18.0. The van der Waals surface area contributed by atoms with Crippen LogP contribution in [-0.2, 0) is 32.4 Å². The number of hydrogen-bond donors (Lipinski definition) is 0. The maximum absolute atomic E-state index is 6.17. The van der Waals surface area contributed by atoms with Crippen molar-refractivity contribution in [1.29, 1.82) is 0 Å². The van der Waals surface area contributed by atoms with Crippen LogP contribution in [0.4, 0.5) is 0 Å². The van der Waals surface area contributed by atoms with E-state index >= 15 is 0 Å². The van der Waals surface area contributed by atoms with Gasteiger partial charge in [-0.2, -0.15) is 0 Å². The molecule has 0 bridgehead atoms. The zero-order chi connectivity index (χ0) is 13.9. The summed E-state index contributed by atoms with van der Waals surface area (Å²) in [6.45, 7) is 9.44. The standard InChI is InChI=1S/C10H17O2Si.C5H5.2ClH.Zr/c1-5-11-9-7-6-8-10(9)12-13(2,3)4;1-2-4-5-3-1;;;/h8H,5-6H2,1-4H3;1-3H,4H2;2*1H;/q;;;;+2/p-2. The zero-order valence-electron chi connectivity index (χ0n) is 13.0. The number of ether oxygens (including phenoxy) is 1. The number of allylic oxidation sites excluding steroid dienone is 6. The second-order valence-corrected chi connectivity index (χ2v) is 13.8. The average Bonchev–Trinajstić information content (AvgIpc) is 2.92. The molecule has 2 aliphatic rings. The summed E-state index contributed by atoms with van der Waals surface area (Å²) in [7, 11) is -1.56. The van der Waals surface area contributed by atoms with E-state index in [1.807, 2.05) is 0 Å². The summed E-state index contributed by atoms with van der Waals surface area (Å²) >= 11 is -0.657. The number of rotatable bonds is 6. The van der Waals surface area contributed by atoms with Crippen LogP contribution >= 0.6 is 0 Å². The number of hydrogen-bond acceptors (Lipinski definition) is 2. The first-order valence-electron chi connectivity index (χ1n) is 6.88. The van der Waals surface area contributed by atoms with Crippen molar-refractivity contribution in [2.24, 2.45) is 0 Å². The molecule has 0 amide bonds. The summed E-state index contributed by atoms with van der Waals surface area (Å²) in [6.07, 6.45) is 11.1. The van der Waals surface area contributed by atoms with Gasteiger partial charge >= 0.3 is 129 Å². The van der Waals surface area contributed by atoms with Gasteiger partial charge in [-0.3, -0.25) is 0 Å². The second-order valence-electron chi connectivity index (χ2n) is 5.68. The molecule has 6 heteroatoms. The first-order valence-corrected chi connectivity index (χ1v) is 12.7. The van der Waals surface area contributed by atoms with Crippen LogP contribution in [0, 0.1) is 0 Å². The summed E-state index contributed by atoms with van der Waals surface area (Å²) in [5, 5.41) is 0. The molecular formula is C15H22Cl2O2SiZr. The normalized spacial score (nSPS) is 16.6. The van der Waals surface area contributed by atoms with Crippen molar-refractivity contribution in [1.82, 2.24) is 0 Å². The van der Waals surface area contributed by atoms with Gasteiger partial charge in [-0.15, -0.1) is 0 Å². The Kier molecular flexibility index (Phi) is 9.50. The van der Waals surface area contributed by atoms with Crippen molar-refractivity contribution >= 4 is 8.32 Å². The Hall–Kier alpha value is 0.240. The molecule has 0 aliphatic heterocycles. The van der Waals surface area contributed by atoms with Crippen LogP contribution in [0.25, 0.3) is 0 Å². The topological polar surface area (TPSA) is 18.5 Å². The molecule has 116 valence electrons. The molecule has 0 aromatic rings. The maximum atomic E-state index is 6.17. The largest absolute Gasteiger partial charge is 1.00 e. The van der Waals surface area contributed by atoms with Gasteiger partial charge < -0.3 is 24.8 Å². The summed E-state index contributed by atoms with van der Waals surface area (Å²) < 4.78 is 15.2. The predicted molar refractivity (Wildman–Crippen MR) is 77.6 cm³/mol. The van der Waals surface area contributed by atoms with Crippen LogP contribution in [0.15, 0.2) is 42.4 Å². The summed E-state index contributed by atoms with van der Waals surface area (Å²) in [5.74, 6) is 2.09. The van der Waals surface area contributed by atoms with Crippen molar-refractivity contribution in [2.75, 3.05) is 6.61 Å². The first-order chi connectivity index (χ1) is 8.99. The van der Waals surface area contributed by atoms with Crippen molar-refractivity contribution in [2.45, 2.75) is 39.4 Å². The Morgan fingerprint density at radius 2 is 1.90 bits per heavy atom. The Morgan fingerprint density at radius 1 is 1.19 bits per heavy atom. The van der Waals surface area contributed by atoms with Gasteiger partial charge in [0.2, 0.25) is 0 Å². The molecule has 0 unspecified atom stereocenters. The SMILES string of the molecule is CCOC1=[C]([Zr+2][C]2=CC=CC2)CC=C1O[Si](C)(C)C.[Cl-].[Cl-]. The van der Waals surface area contributed by atoms with E-state index in [1.54, 1.807) is 3.28 Å². The molecule has 2 rings (SSSR count). The van der Waals surface area contributed by atoms with E-state index in [0.29, 0.717) is 0 Å². The third kappa shape index (κ3) is 6.48. The molecule has 0 spiro atoms. The van der Waals surface area contributed by atoms with Gasteiger partial charge in [0.15, 0.2) is 0 Å². The predicted octanol–water partition coefficient (Wildman–Crippen LogP) is -1.69. The summed E-state index contributed by atoms with van der Waals surface area (Å²) in [6, 6.07) is 0. The molecule has 2 aliphatic carbocycles. The van der Waals surface area contributed by atoms with Gasteiger partial charge in [0.05, 0.1) is 0 Å². The minimum atomic E-state index is -1.56. The smallest absolute Gasteiger partial charge is 1.00 e. The maximum Gasteiger partial charge on any atom is -1.00 e. The van der Waals surface area contributed by atoms with Crippen molar-refractivity contribution in [3.63, 3.8) is 0 Å². The Bertz CT molecular complexity index is 477. The van der Waals surface area contributed by atoms with Gasteiger partial charge in [0.1, 0.15) is 0 Å². The molecule has 0 saturated heterocycles.